The van der Waals surface area contributed by atoms with Gasteiger partial charge in [0.15, 0.2) is 0 Å². The Bertz CT molecular complexity index is 1010. The van der Waals surface area contributed by atoms with Crippen LogP contribution in [-0.4, -0.2) is 43.5 Å². The van der Waals surface area contributed by atoms with Crippen LogP contribution in [0, 0.1) is 0 Å². The molecule has 0 unspecified atom stereocenters. The van der Waals surface area contributed by atoms with E-state index in [1.165, 1.54) is 17.8 Å². The molecule has 6 nitrogen and oxygen atoms in total. The minimum absolute atomic E-state index is 0.179. The van der Waals surface area contributed by atoms with Crippen LogP contribution in [0.1, 0.15) is 33.9 Å². The van der Waals surface area contributed by atoms with Gasteiger partial charge in [-0.05, 0) is 12.5 Å². The van der Waals surface area contributed by atoms with E-state index in [9.17, 15) is 13.6 Å². The Kier molecular flexibility index (Phi) is 4.70. The van der Waals surface area contributed by atoms with Gasteiger partial charge in [0.25, 0.3) is 12.3 Å². The summed E-state index contributed by atoms with van der Waals surface area (Å²) in [6.07, 6.45) is -1.40. The molecular formula is C20H21F2N5O. The van der Waals surface area contributed by atoms with Gasteiger partial charge in [0, 0.05) is 44.7 Å². The topological polar surface area (TPSA) is 56.0 Å². The first-order chi connectivity index (χ1) is 13.5. The SMILES string of the molecule is Cn1nc(C(F)F)cc1C(=O)N1CCc2nn(C)c(-c3ccccc3)c2CC1. The molecule has 1 amide bonds. The zero-order chi connectivity index (χ0) is 19.8. The molecule has 0 saturated heterocycles. The van der Waals surface area contributed by atoms with Crippen LogP contribution in [0.3, 0.4) is 0 Å². The largest absolute Gasteiger partial charge is 0.337 e. The summed E-state index contributed by atoms with van der Waals surface area (Å²) in [6.45, 7) is 0.999. The second kappa shape index (κ2) is 7.18. The zero-order valence-corrected chi connectivity index (χ0v) is 15.8. The highest BCUT2D eigenvalue weighted by atomic mass is 19.3. The summed E-state index contributed by atoms with van der Waals surface area (Å²) in [5, 5.41) is 8.41. The molecule has 4 rings (SSSR count). The first kappa shape index (κ1) is 18.3. The zero-order valence-electron chi connectivity index (χ0n) is 15.8. The predicted molar refractivity (Wildman–Crippen MR) is 100 cm³/mol. The quantitative estimate of drug-likeness (QED) is 0.697. The number of hydrogen-bond donors (Lipinski definition) is 0. The van der Waals surface area contributed by atoms with Crippen molar-refractivity contribution in [2.75, 3.05) is 13.1 Å². The van der Waals surface area contributed by atoms with Gasteiger partial charge in [-0.2, -0.15) is 10.2 Å². The monoisotopic (exact) mass is 385 g/mol. The van der Waals surface area contributed by atoms with Gasteiger partial charge < -0.3 is 4.90 Å². The number of nitrogens with zero attached hydrogens (tertiary/aromatic N) is 5. The minimum atomic E-state index is -2.69. The van der Waals surface area contributed by atoms with Gasteiger partial charge >= 0.3 is 0 Å². The fraction of sp³-hybridized carbons (Fsp3) is 0.350. The maximum absolute atomic E-state index is 12.9. The molecule has 1 aliphatic heterocycles. The van der Waals surface area contributed by atoms with Crippen molar-refractivity contribution in [3.63, 3.8) is 0 Å². The lowest BCUT2D eigenvalue weighted by molar-refractivity contribution is 0.0751. The molecule has 8 heteroatoms. The van der Waals surface area contributed by atoms with Crippen LogP contribution in [-0.2, 0) is 26.9 Å². The number of halogens is 2. The smallest absolute Gasteiger partial charge is 0.282 e. The molecule has 1 aliphatic rings. The lowest BCUT2D eigenvalue weighted by Gasteiger charge is -2.20. The van der Waals surface area contributed by atoms with Gasteiger partial charge in [0.2, 0.25) is 0 Å². The summed E-state index contributed by atoms with van der Waals surface area (Å²) in [7, 11) is 3.45. The average molecular weight is 385 g/mol. The van der Waals surface area contributed by atoms with Crippen LogP contribution in [0.2, 0.25) is 0 Å². The Morgan fingerprint density at radius 3 is 2.43 bits per heavy atom. The lowest BCUT2D eigenvalue weighted by atomic mass is 10.0. The molecule has 28 heavy (non-hydrogen) atoms. The molecule has 0 saturated carbocycles. The highest BCUT2D eigenvalue weighted by molar-refractivity contribution is 5.92. The number of aryl methyl sites for hydroxylation is 2. The average Bonchev–Trinajstić information content (AvgIpc) is 3.15. The summed E-state index contributed by atoms with van der Waals surface area (Å²) >= 11 is 0. The Hall–Kier alpha value is -3.03. The van der Waals surface area contributed by atoms with E-state index in [-0.39, 0.29) is 17.3 Å². The highest BCUT2D eigenvalue weighted by Gasteiger charge is 2.27. The van der Waals surface area contributed by atoms with E-state index < -0.39 is 6.43 Å². The van der Waals surface area contributed by atoms with Crippen molar-refractivity contribution < 1.29 is 13.6 Å². The normalized spacial score (nSPS) is 14.2. The molecule has 3 heterocycles. The van der Waals surface area contributed by atoms with Crippen molar-refractivity contribution in [3.05, 3.63) is 59.0 Å². The summed E-state index contributed by atoms with van der Waals surface area (Å²) < 4.78 is 28.9. The number of carbonyl (C=O) groups excluding carboxylic acids is 1. The number of amides is 1. The van der Waals surface area contributed by atoms with Gasteiger partial charge in [-0.1, -0.05) is 30.3 Å². The van der Waals surface area contributed by atoms with Crippen molar-refractivity contribution in [2.45, 2.75) is 19.3 Å². The van der Waals surface area contributed by atoms with Gasteiger partial charge in [0.05, 0.1) is 11.4 Å². The van der Waals surface area contributed by atoms with Crippen LogP contribution in [0.4, 0.5) is 8.78 Å². The van der Waals surface area contributed by atoms with Crippen LogP contribution in [0.5, 0.6) is 0 Å². The maximum atomic E-state index is 12.9. The van der Waals surface area contributed by atoms with Crippen molar-refractivity contribution in [1.29, 1.82) is 0 Å². The molecule has 0 aliphatic carbocycles. The number of hydrogen-bond acceptors (Lipinski definition) is 3. The van der Waals surface area contributed by atoms with E-state index in [1.807, 2.05) is 42.1 Å². The van der Waals surface area contributed by atoms with E-state index in [2.05, 4.69) is 10.2 Å². The number of alkyl halides is 2. The van der Waals surface area contributed by atoms with Crippen LogP contribution >= 0.6 is 0 Å². The number of benzene rings is 1. The molecule has 3 aromatic rings. The van der Waals surface area contributed by atoms with Gasteiger partial charge in [-0.15, -0.1) is 0 Å². The Labute approximate surface area is 161 Å². The van der Waals surface area contributed by atoms with Crippen LogP contribution < -0.4 is 0 Å². The fourth-order valence-corrected chi connectivity index (χ4v) is 3.80. The molecule has 0 bridgehead atoms. The Balaban J connectivity index is 1.59. The van der Waals surface area contributed by atoms with Crippen molar-refractivity contribution in [1.82, 2.24) is 24.5 Å². The van der Waals surface area contributed by atoms with Crippen molar-refractivity contribution in [3.8, 4) is 11.3 Å². The number of carbonyl (C=O) groups is 1. The molecule has 2 aromatic heterocycles. The van der Waals surface area contributed by atoms with Crippen molar-refractivity contribution in [2.24, 2.45) is 14.1 Å². The number of fused-ring (bicyclic) bond motifs is 1. The third-order valence-corrected chi connectivity index (χ3v) is 5.15. The van der Waals surface area contributed by atoms with E-state index >= 15 is 0 Å². The van der Waals surface area contributed by atoms with Gasteiger partial charge in [-0.3, -0.25) is 14.2 Å². The fourth-order valence-electron chi connectivity index (χ4n) is 3.80. The lowest BCUT2D eigenvalue weighted by Crippen LogP contribution is -2.34. The van der Waals surface area contributed by atoms with E-state index in [0.29, 0.717) is 25.9 Å². The predicted octanol–water partition coefficient (Wildman–Crippen LogP) is 3.00. The standard InChI is InChI=1S/C20H21F2N5O/c1-25-17(12-16(24-25)19(21)22)20(28)27-10-8-14-15(9-11-27)23-26(2)18(14)13-6-4-3-5-7-13/h3-7,12,19H,8-11H2,1-2H3. The number of aromatic nitrogens is 4. The first-order valence-electron chi connectivity index (χ1n) is 9.17. The molecule has 1 aromatic carbocycles. The van der Waals surface area contributed by atoms with Crippen molar-refractivity contribution >= 4 is 5.91 Å². The third-order valence-electron chi connectivity index (χ3n) is 5.15. The second-order valence-electron chi connectivity index (χ2n) is 6.93. The summed E-state index contributed by atoms with van der Waals surface area (Å²) in [5.41, 5.74) is 4.07. The molecular weight excluding hydrogens is 364 g/mol. The molecule has 0 fully saturated rings. The van der Waals surface area contributed by atoms with E-state index in [0.717, 1.165) is 22.5 Å². The Morgan fingerprint density at radius 2 is 1.75 bits per heavy atom. The molecule has 0 N–H and O–H groups in total. The van der Waals surface area contributed by atoms with Gasteiger partial charge in [-0.25, -0.2) is 8.78 Å². The Morgan fingerprint density at radius 1 is 1.04 bits per heavy atom. The van der Waals surface area contributed by atoms with Gasteiger partial charge in [0.1, 0.15) is 11.4 Å². The maximum Gasteiger partial charge on any atom is 0.282 e. The van der Waals surface area contributed by atoms with E-state index in [1.54, 1.807) is 4.90 Å². The summed E-state index contributed by atoms with van der Waals surface area (Å²) in [4.78, 5) is 14.6. The summed E-state index contributed by atoms with van der Waals surface area (Å²) in [5.74, 6) is -0.280. The number of rotatable bonds is 3. The first-order valence-corrected chi connectivity index (χ1v) is 9.17. The highest BCUT2D eigenvalue weighted by Crippen LogP contribution is 2.29. The molecule has 0 spiro atoms. The molecule has 146 valence electrons. The minimum Gasteiger partial charge on any atom is -0.337 e. The summed E-state index contributed by atoms with van der Waals surface area (Å²) in [6, 6.07) is 11.2. The van der Waals surface area contributed by atoms with Crippen LogP contribution in [0.15, 0.2) is 36.4 Å². The van der Waals surface area contributed by atoms with E-state index in [4.69, 9.17) is 0 Å². The van der Waals surface area contributed by atoms with Crippen LogP contribution in [0.25, 0.3) is 11.3 Å². The molecule has 0 radical (unpaired) electrons. The molecule has 0 atom stereocenters. The third kappa shape index (κ3) is 3.19. The second-order valence-corrected chi connectivity index (χ2v) is 6.93.